The molecule has 2 N–H and O–H groups in total. The summed E-state index contributed by atoms with van der Waals surface area (Å²) in [5, 5.41) is 11.7. The van der Waals surface area contributed by atoms with Crippen LogP contribution < -0.4 is 10.7 Å². The second-order valence-corrected chi connectivity index (χ2v) is 8.52. The van der Waals surface area contributed by atoms with E-state index in [1.807, 2.05) is 60.7 Å². The van der Waals surface area contributed by atoms with Gasteiger partial charge in [-0.1, -0.05) is 84.6 Å². The summed E-state index contributed by atoms with van der Waals surface area (Å²) in [7, 11) is 0. The molecule has 160 valence electrons. The molecule has 0 aliphatic carbocycles. The summed E-state index contributed by atoms with van der Waals surface area (Å²) in [6.45, 7) is 0.425. The molecule has 32 heavy (non-hydrogen) atoms. The van der Waals surface area contributed by atoms with Crippen molar-refractivity contribution in [2.45, 2.75) is 23.0 Å². The van der Waals surface area contributed by atoms with Gasteiger partial charge in [-0.05, 0) is 23.3 Å². The zero-order chi connectivity index (χ0) is 21.9. The van der Waals surface area contributed by atoms with Gasteiger partial charge in [-0.25, -0.2) is 9.07 Å². The van der Waals surface area contributed by atoms with Crippen molar-refractivity contribution < 1.29 is 9.18 Å². The molecule has 5 rings (SSSR count). The lowest BCUT2D eigenvalue weighted by atomic mass is 10.0. The Labute approximate surface area is 188 Å². The highest BCUT2D eigenvalue weighted by Crippen LogP contribution is 2.38. The lowest BCUT2D eigenvalue weighted by Crippen LogP contribution is -2.43. The molecule has 0 saturated heterocycles. The zero-order valence-corrected chi connectivity index (χ0v) is 17.8. The van der Waals surface area contributed by atoms with Crippen molar-refractivity contribution in [1.29, 1.82) is 0 Å². The Kier molecular flexibility index (Phi) is 5.60. The molecule has 0 radical (unpaired) electrons. The van der Waals surface area contributed by atoms with Crippen LogP contribution in [0.3, 0.4) is 0 Å². The lowest BCUT2D eigenvalue weighted by Gasteiger charge is -2.33. The minimum Gasteiger partial charge on any atom is -0.351 e. The van der Waals surface area contributed by atoms with Crippen LogP contribution in [0.25, 0.3) is 11.4 Å². The van der Waals surface area contributed by atoms with E-state index in [2.05, 4.69) is 20.9 Å². The van der Waals surface area contributed by atoms with Gasteiger partial charge in [0, 0.05) is 12.1 Å². The summed E-state index contributed by atoms with van der Waals surface area (Å²) in [4.78, 5) is 13.2. The van der Waals surface area contributed by atoms with Crippen molar-refractivity contribution in [1.82, 2.24) is 20.2 Å². The number of thioether (sulfide) groups is 1. The molecule has 2 atom stereocenters. The highest BCUT2D eigenvalue weighted by Gasteiger charge is 2.37. The van der Waals surface area contributed by atoms with Crippen LogP contribution in [0.5, 0.6) is 0 Å². The number of carbonyl (C=O) groups is 1. The second-order valence-electron chi connectivity index (χ2n) is 7.41. The monoisotopic (exact) mass is 445 g/mol. The first-order valence-corrected chi connectivity index (χ1v) is 11.1. The molecule has 0 spiro atoms. The maximum atomic E-state index is 13.6. The third-order valence-electron chi connectivity index (χ3n) is 5.27. The Bertz CT molecular complexity index is 1210. The van der Waals surface area contributed by atoms with Crippen LogP contribution >= 0.6 is 11.8 Å². The Hall–Kier alpha value is -3.65. The number of nitrogens with one attached hydrogen (secondary N) is 2. The molecule has 8 heteroatoms. The summed E-state index contributed by atoms with van der Waals surface area (Å²) in [6.07, 6.45) is 0. The molecule has 6 nitrogen and oxygen atoms in total. The number of carbonyl (C=O) groups excluding carboxylic acids is 1. The van der Waals surface area contributed by atoms with E-state index in [0.717, 1.165) is 16.7 Å². The molecule has 1 aromatic heterocycles. The van der Waals surface area contributed by atoms with Crippen LogP contribution in [0.4, 0.5) is 4.39 Å². The number of amides is 1. The van der Waals surface area contributed by atoms with Crippen molar-refractivity contribution in [2.24, 2.45) is 0 Å². The normalized spacial score (nSPS) is 17.3. The topological polar surface area (TPSA) is 71.8 Å². The third-order valence-corrected chi connectivity index (χ3v) is 6.48. The van der Waals surface area contributed by atoms with Gasteiger partial charge >= 0.3 is 0 Å². The van der Waals surface area contributed by atoms with Crippen molar-refractivity contribution in [3.8, 4) is 11.4 Å². The highest BCUT2D eigenvalue weighted by molar-refractivity contribution is 8.00. The number of aromatic nitrogens is 3. The first-order valence-electron chi connectivity index (χ1n) is 10.2. The van der Waals surface area contributed by atoms with Gasteiger partial charge in [0.15, 0.2) is 5.82 Å². The van der Waals surface area contributed by atoms with E-state index in [-0.39, 0.29) is 11.7 Å². The molecular formula is C24H20FN5OS. The van der Waals surface area contributed by atoms with Gasteiger partial charge in [0.1, 0.15) is 11.1 Å². The van der Waals surface area contributed by atoms with Gasteiger partial charge < -0.3 is 10.7 Å². The van der Waals surface area contributed by atoms with Gasteiger partial charge in [-0.2, -0.15) is 0 Å². The maximum Gasteiger partial charge on any atom is 0.236 e. The molecular weight excluding hydrogens is 425 g/mol. The third kappa shape index (κ3) is 4.09. The Morgan fingerprint density at radius 2 is 1.66 bits per heavy atom. The van der Waals surface area contributed by atoms with Crippen molar-refractivity contribution in [3.63, 3.8) is 0 Å². The Morgan fingerprint density at radius 3 is 2.38 bits per heavy atom. The van der Waals surface area contributed by atoms with E-state index in [1.165, 1.54) is 23.9 Å². The summed E-state index contributed by atoms with van der Waals surface area (Å²) >= 11 is 1.34. The van der Waals surface area contributed by atoms with Gasteiger partial charge in [0.2, 0.25) is 11.1 Å². The van der Waals surface area contributed by atoms with Crippen LogP contribution in [0.1, 0.15) is 17.2 Å². The van der Waals surface area contributed by atoms with E-state index in [9.17, 15) is 9.18 Å². The fourth-order valence-corrected chi connectivity index (χ4v) is 4.74. The molecule has 2 heterocycles. The van der Waals surface area contributed by atoms with Crippen molar-refractivity contribution >= 4 is 17.7 Å². The van der Waals surface area contributed by atoms with Crippen LogP contribution in [-0.4, -0.2) is 26.0 Å². The zero-order valence-electron chi connectivity index (χ0n) is 17.0. The summed E-state index contributed by atoms with van der Waals surface area (Å²) in [6, 6.07) is 25.3. The van der Waals surface area contributed by atoms with Crippen LogP contribution in [0.2, 0.25) is 0 Å². The SMILES string of the molecule is O=C(NCc1ccccc1)[C@H]1Sc2nnc(-c3ccccc3)n2N[C@@H]1c1ccc(F)cc1. The highest BCUT2D eigenvalue weighted by atomic mass is 32.2. The number of benzene rings is 3. The molecule has 0 unspecified atom stereocenters. The minimum atomic E-state index is -0.510. The summed E-state index contributed by atoms with van der Waals surface area (Å²) < 4.78 is 15.4. The van der Waals surface area contributed by atoms with E-state index in [4.69, 9.17) is 0 Å². The fourth-order valence-electron chi connectivity index (χ4n) is 3.64. The number of halogens is 1. The molecule has 3 aromatic carbocycles. The van der Waals surface area contributed by atoms with E-state index in [0.29, 0.717) is 17.5 Å². The predicted octanol–water partition coefficient (Wildman–Crippen LogP) is 4.16. The van der Waals surface area contributed by atoms with Gasteiger partial charge in [-0.3, -0.25) is 4.79 Å². The molecule has 0 saturated carbocycles. The number of rotatable bonds is 5. The van der Waals surface area contributed by atoms with Crippen LogP contribution in [-0.2, 0) is 11.3 Å². The Morgan fingerprint density at radius 1 is 0.969 bits per heavy atom. The van der Waals surface area contributed by atoms with Crippen LogP contribution in [0, 0.1) is 5.82 Å². The smallest absolute Gasteiger partial charge is 0.236 e. The van der Waals surface area contributed by atoms with Crippen molar-refractivity contribution in [2.75, 3.05) is 5.43 Å². The van der Waals surface area contributed by atoms with Crippen molar-refractivity contribution in [3.05, 3.63) is 102 Å². The van der Waals surface area contributed by atoms with E-state index < -0.39 is 11.3 Å². The Balaban J connectivity index is 1.46. The summed E-state index contributed by atoms with van der Waals surface area (Å²) in [5.41, 5.74) is 6.12. The number of nitrogens with zero attached hydrogens (tertiary/aromatic N) is 3. The summed E-state index contributed by atoms with van der Waals surface area (Å²) in [5.74, 6) is 0.205. The first-order chi connectivity index (χ1) is 15.7. The van der Waals surface area contributed by atoms with Gasteiger partial charge in [0.05, 0.1) is 6.04 Å². The van der Waals surface area contributed by atoms with E-state index in [1.54, 1.807) is 16.8 Å². The maximum absolute atomic E-state index is 13.6. The average molecular weight is 446 g/mol. The first kappa shape index (κ1) is 20.3. The largest absolute Gasteiger partial charge is 0.351 e. The predicted molar refractivity (Wildman–Crippen MR) is 122 cm³/mol. The quantitative estimate of drug-likeness (QED) is 0.483. The second kappa shape index (κ2) is 8.84. The van der Waals surface area contributed by atoms with Crippen LogP contribution in [0.15, 0.2) is 90.1 Å². The fraction of sp³-hybridized carbons (Fsp3) is 0.125. The molecule has 0 bridgehead atoms. The average Bonchev–Trinajstić information content (AvgIpc) is 3.26. The number of hydrogen-bond acceptors (Lipinski definition) is 5. The lowest BCUT2D eigenvalue weighted by molar-refractivity contribution is -0.121. The molecule has 1 aliphatic rings. The molecule has 0 fully saturated rings. The number of hydrogen-bond donors (Lipinski definition) is 2. The number of fused-ring (bicyclic) bond motifs is 1. The van der Waals surface area contributed by atoms with Gasteiger partial charge in [0.25, 0.3) is 0 Å². The minimum absolute atomic E-state index is 0.129. The van der Waals surface area contributed by atoms with Gasteiger partial charge in [-0.15, -0.1) is 10.2 Å². The molecule has 1 amide bonds. The standard InChI is InChI=1S/C24H20FN5OS/c25-19-13-11-17(12-14-19)20-21(23(31)26-15-16-7-3-1-4-8-16)32-24-28-27-22(30(24)29-20)18-9-5-2-6-10-18/h1-14,20-21,29H,15H2,(H,26,31)/t20-,21+/m1/s1. The molecule has 1 aliphatic heterocycles. The van der Waals surface area contributed by atoms with E-state index >= 15 is 0 Å². The molecule has 4 aromatic rings.